The molecule has 8 heteroatoms. The Morgan fingerprint density at radius 3 is 2.47 bits per heavy atom. The Morgan fingerprint density at radius 1 is 0.912 bits per heavy atom. The molecule has 0 spiro atoms. The van der Waals surface area contributed by atoms with Crippen LogP contribution in [0.15, 0.2) is 77.7 Å². The Balaban J connectivity index is 1.34. The first-order valence-corrected chi connectivity index (χ1v) is 10.6. The van der Waals surface area contributed by atoms with Crippen LogP contribution in [-0.2, 0) is 17.9 Å². The van der Waals surface area contributed by atoms with E-state index in [0.717, 1.165) is 16.0 Å². The smallest absolute Gasteiger partial charge is 0.338 e. The summed E-state index contributed by atoms with van der Waals surface area (Å²) in [6.45, 7) is 1.78. The predicted molar refractivity (Wildman–Crippen MR) is 122 cm³/mol. The van der Waals surface area contributed by atoms with Gasteiger partial charge < -0.3 is 4.74 Å². The lowest BCUT2D eigenvalue weighted by atomic mass is 10.1. The Morgan fingerprint density at radius 2 is 1.68 bits per heavy atom. The Kier molecular flexibility index (Phi) is 5.25. The molecule has 0 radical (unpaired) electrons. The first-order chi connectivity index (χ1) is 16.4. The predicted octanol–water partition coefficient (Wildman–Crippen LogP) is 3.16. The van der Waals surface area contributed by atoms with Gasteiger partial charge in [-0.25, -0.2) is 9.78 Å². The van der Waals surface area contributed by atoms with E-state index in [-0.39, 0.29) is 35.4 Å². The second-order valence-electron chi connectivity index (χ2n) is 7.99. The molecule has 0 saturated carbocycles. The number of pyridine rings is 1. The minimum absolute atomic E-state index is 0.134. The van der Waals surface area contributed by atoms with Crippen LogP contribution in [0.3, 0.4) is 0 Å². The van der Waals surface area contributed by atoms with E-state index in [2.05, 4.69) is 4.98 Å². The van der Waals surface area contributed by atoms with Gasteiger partial charge in [0.2, 0.25) is 0 Å². The first-order valence-electron chi connectivity index (χ1n) is 10.6. The quantitative estimate of drug-likeness (QED) is 0.340. The lowest BCUT2D eigenvalue weighted by Crippen LogP contribution is -2.29. The molecule has 0 atom stereocenters. The van der Waals surface area contributed by atoms with E-state index >= 15 is 0 Å². The summed E-state index contributed by atoms with van der Waals surface area (Å²) in [5.41, 5.74) is 2.70. The van der Waals surface area contributed by atoms with Crippen molar-refractivity contribution in [3.63, 3.8) is 0 Å². The third-order valence-corrected chi connectivity index (χ3v) is 5.68. The maximum atomic E-state index is 12.9. The van der Waals surface area contributed by atoms with Crippen molar-refractivity contribution in [1.82, 2.24) is 14.3 Å². The highest BCUT2D eigenvalue weighted by Crippen LogP contribution is 2.26. The molecule has 0 aliphatic carbocycles. The zero-order chi connectivity index (χ0) is 23.8. The van der Waals surface area contributed by atoms with Crippen LogP contribution in [0.5, 0.6) is 0 Å². The first kappa shape index (κ1) is 21.3. The molecule has 3 heterocycles. The number of imide groups is 1. The van der Waals surface area contributed by atoms with Crippen molar-refractivity contribution in [3.05, 3.63) is 117 Å². The van der Waals surface area contributed by atoms with Gasteiger partial charge in [-0.15, -0.1) is 0 Å². The van der Waals surface area contributed by atoms with E-state index in [9.17, 15) is 19.2 Å². The molecule has 0 fully saturated rings. The number of fused-ring (bicyclic) bond motifs is 2. The van der Waals surface area contributed by atoms with Crippen LogP contribution in [0.4, 0.5) is 0 Å². The third-order valence-electron chi connectivity index (χ3n) is 5.68. The number of aryl methyl sites for hydroxylation is 1. The van der Waals surface area contributed by atoms with Crippen LogP contribution in [-0.4, -0.2) is 32.1 Å². The van der Waals surface area contributed by atoms with Crippen molar-refractivity contribution in [3.8, 4) is 0 Å². The molecule has 0 saturated heterocycles. The Bertz CT molecular complexity index is 1520. The molecule has 2 aromatic heterocycles. The van der Waals surface area contributed by atoms with Crippen LogP contribution < -0.4 is 5.56 Å². The third kappa shape index (κ3) is 3.75. The van der Waals surface area contributed by atoms with Gasteiger partial charge in [-0.2, -0.15) is 0 Å². The summed E-state index contributed by atoms with van der Waals surface area (Å²) in [7, 11) is 0. The fraction of sp³-hybridized carbons (Fsp3) is 0.115. The zero-order valence-corrected chi connectivity index (χ0v) is 18.2. The van der Waals surface area contributed by atoms with Crippen LogP contribution in [0.2, 0.25) is 0 Å². The summed E-state index contributed by atoms with van der Waals surface area (Å²) in [5, 5.41) is 0. The van der Waals surface area contributed by atoms with Gasteiger partial charge in [0.1, 0.15) is 12.3 Å². The molecule has 1 aliphatic heterocycles. The number of hydrogen-bond acceptors (Lipinski definition) is 6. The topological polar surface area (TPSA) is 98.0 Å². The number of rotatable bonds is 5. The van der Waals surface area contributed by atoms with Crippen LogP contribution in [0, 0.1) is 6.92 Å². The lowest BCUT2D eigenvalue weighted by Gasteiger charge is -2.13. The minimum Gasteiger partial charge on any atom is -0.456 e. The van der Waals surface area contributed by atoms with Gasteiger partial charge in [0.15, 0.2) is 0 Å². The van der Waals surface area contributed by atoms with E-state index in [1.165, 1.54) is 28.7 Å². The molecule has 0 bridgehead atoms. The maximum absolute atomic E-state index is 12.9. The number of ether oxygens (including phenoxy) is 1. The van der Waals surface area contributed by atoms with Crippen molar-refractivity contribution in [2.75, 3.05) is 0 Å². The fourth-order valence-corrected chi connectivity index (χ4v) is 3.93. The maximum Gasteiger partial charge on any atom is 0.338 e. The Labute approximate surface area is 194 Å². The molecular formula is C26H19N3O5. The molecule has 0 unspecified atom stereocenters. The molecular weight excluding hydrogens is 434 g/mol. The Hall–Kier alpha value is -4.59. The highest BCUT2D eigenvalue weighted by Gasteiger charge is 2.36. The van der Waals surface area contributed by atoms with Crippen molar-refractivity contribution >= 4 is 23.4 Å². The molecule has 8 nitrogen and oxygen atoms in total. The van der Waals surface area contributed by atoms with Gasteiger partial charge in [-0.3, -0.25) is 23.7 Å². The minimum atomic E-state index is -0.684. The van der Waals surface area contributed by atoms with Crippen molar-refractivity contribution in [2.24, 2.45) is 0 Å². The molecule has 168 valence electrons. The zero-order valence-electron chi connectivity index (χ0n) is 18.2. The van der Waals surface area contributed by atoms with Crippen LogP contribution in [0.25, 0.3) is 5.65 Å². The molecule has 2 aromatic carbocycles. The van der Waals surface area contributed by atoms with Crippen molar-refractivity contribution in [1.29, 1.82) is 0 Å². The van der Waals surface area contributed by atoms with E-state index in [4.69, 9.17) is 4.74 Å². The summed E-state index contributed by atoms with van der Waals surface area (Å²) in [4.78, 5) is 56.1. The second kappa shape index (κ2) is 8.40. The standard InChI is InChI=1S/C26H19N3O5/c1-16-6-5-11-28-22(30)13-19(27-23(16)28)15-34-26(33)18-9-10-20-21(12-18)25(32)29(24(20)31)14-17-7-3-2-4-8-17/h2-13H,14-15H2,1H3. The number of carbonyl (C=O) groups is 3. The number of carbonyl (C=O) groups excluding carboxylic acids is 3. The molecule has 34 heavy (non-hydrogen) atoms. The monoisotopic (exact) mass is 453 g/mol. The van der Waals surface area contributed by atoms with Crippen LogP contribution in [0.1, 0.15) is 47.9 Å². The number of benzene rings is 2. The highest BCUT2D eigenvalue weighted by molar-refractivity contribution is 6.21. The lowest BCUT2D eigenvalue weighted by molar-refractivity contribution is 0.0467. The molecule has 0 N–H and O–H groups in total. The second-order valence-corrected chi connectivity index (χ2v) is 7.99. The van der Waals surface area contributed by atoms with Crippen molar-refractivity contribution in [2.45, 2.75) is 20.1 Å². The molecule has 1 aliphatic rings. The SMILES string of the molecule is Cc1cccn2c(=O)cc(COC(=O)c3ccc4c(c3)C(=O)N(Cc3ccccc3)C4=O)nc12. The number of esters is 1. The number of aromatic nitrogens is 2. The van der Waals surface area contributed by atoms with E-state index in [1.54, 1.807) is 12.3 Å². The summed E-state index contributed by atoms with van der Waals surface area (Å²) < 4.78 is 6.76. The summed E-state index contributed by atoms with van der Waals surface area (Å²) >= 11 is 0. The summed E-state index contributed by atoms with van der Waals surface area (Å²) in [6, 6.07) is 18.4. The van der Waals surface area contributed by atoms with Gasteiger partial charge in [0, 0.05) is 12.3 Å². The normalized spacial score (nSPS) is 12.8. The van der Waals surface area contributed by atoms with E-state index in [0.29, 0.717) is 11.3 Å². The summed E-state index contributed by atoms with van der Waals surface area (Å²) in [5.74, 6) is -1.55. The highest BCUT2D eigenvalue weighted by atomic mass is 16.5. The van der Waals surface area contributed by atoms with Gasteiger partial charge in [-0.05, 0) is 42.3 Å². The van der Waals surface area contributed by atoms with Gasteiger partial charge >= 0.3 is 5.97 Å². The average molecular weight is 453 g/mol. The largest absolute Gasteiger partial charge is 0.456 e. The average Bonchev–Trinajstić information content (AvgIpc) is 3.08. The molecule has 4 aromatic rings. The van der Waals surface area contributed by atoms with E-state index < -0.39 is 17.8 Å². The number of hydrogen-bond donors (Lipinski definition) is 0. The van der Waals surface area contributed by atoms with Crippen molar-refractivity contribution < 1.29 is 19.1 Å². The van der Waals surface area contributed by atoms with Gasteiger partial charge in [0.25, 0.3) is 17.4 Å². The molecule has 5 rings (SSSR count). The van der Waals surface area contributed by atoms with Gasteiger partial charge in [0.05, 0.1) is 28.9 Å². The number of nitrogens with zero attached hydrogens (tertiary/aromatic N) is 3. The van der Waals surface area contributed by atoms with Gasteiger partial charge in [-0.1, -0.05) is 36.4 Å². The van der Waals surface area contributed by atoms with E-state index in [1.807, 2.05) is 43.3 Å². The molecule has 2 amide bonds. The fourth-order valence-electron chi connectivity index (χ4n) is 3.93. The summed E-state index contributed by atoms with van der Waals surface area (Å²) in [6.07, 6.45) is 1.62. The van der Waals surface area contributed by atoms with Crippen LogP contribution >= 0.6 is 0 Å². The number of amides is 2.